The van der Waals surface area contributed by atoms with Gasteiger partial charge in [-0.1, -0.05) is 72.8 Å². The van der Waals surface area contributed by atoms with Crippen LogP contribution >= 0.6 is 0 Å². The summed E-state index contributed by atoms with van der Waals surface area (Å²) in [7, 11) is 0. The molecule has 1 saturated heterocycles. The maximum Gasteiger partial charge on any atom is 0.329 e. The minimum atomic E-state index is -0.829. The quantitative estimate of drug-likeness (QED) is 0.306. The van der Waals surface area contributed by atoms with Crippen molar-refractivity contribution >= 4 is 28.8 Å². The van der Waals surface area contributed by atoms with Gasteiger partial charge in [-0.25, -0.2) is 4.79 Å². The van der Waals surface area contributed by atoms with Crippen molar-refractivity contribution in [3.63, 3.8) is 0 Å². The van der Waals surface area contributed by atoms with Crippen molar-refractivity contribution in [2.75, 3.05) is 21.3 Å². The first-order valence-electron chi connectivity index (χ1n) is 12.6. The molecule has 0 radical (unpaired) electrons. The van der Waals surface area contributed by atoms with E-state index in [0.29, 0.717) is 35.6 Å². The Bertz CT molecular complexity index is 1350. The summed E-state index contributed by atoms with van der Waals surface area (Å²) in [6, 6.07) is 33.5. The molecule has 5 N–H and O–H groups in total. The van der Waals surface area contributed by atoms with Crippen LogP contribution in [0.25, 0.3) is 0 Å². The van der Waals surface area contributed by atoms with Crippen LogP contribution in [-0.2, 0) is 12.8 Å². The third kappa shape index (κ3) is 5.29. The standard InChI is InChI=1S/C31H32N4O2/c32-24-13-7-15-26(20-24)34-28(18-17-22-9-3-1-4-10-22)30(36)29(19-23-11-5-2-6-12-23)35(31(34)37)27-16-8-14-25(33)21-27/h1-16,20-21,28-30,36H,17-19,32-33H2/t28-,29-,30-/m1/s1. The molecule has 0 aromatic heterocycles. The Balaban J connectivity index is 1.59. The lowest BCUT2D eigenvalue weighted by Gasteiger charge is -2.49. The smallest absolute Gasteiger partial charge is 0.329 e. The highest BCUT2D eigenvalue weighted by molar-refractivity contribution is 6.06. The van der Waals surface area contributed by atoms with Gasteiger partial charge in [0, 0.05) is 22.7 Å². The molecule has 0 spiro atoms. The first-order chi connectivity index (χ1) is 18.0. The number of nitrogens with zero attached hydrogens (tertiary/aromatic N) is 2. The SMILES string of the molecule is Nc1cccc(N2C(=O)N(c3cccc(N)c3)[C@H](Cc3ccccc3)[C@H](O)[C@H]2CCc2ccccc2)c1. The Morgan fingerprint density at radius 2 is 1.16 bits per heavy atom. The van der Waals surface area contributed by atoms with Gasteiger partial charge < -0.3 is 16.6 Å². The molecular weight excluding hydrogens is 460 g/mol. The summed E-state index contributed by atoms with van der Waals surface area (Å²) in [5.41, 5.74) is 16.9. The van der Waals surface area contributed by atoms with Gasteiger partial charge in [-0.3, -0.25) is 9.80 Å². The highest BCUT2D eigenvalue weighted by Crippen LogP contribution is 2.36. The fourth-order valence-electron chi connectivity index (χ4n) is 5.24. The summed E-state index contributed by atoms with van der Waals surface area (Å²) < 4.78 is 0. The lowest BCUT2D eigenvalue weighted by molar-refractivity contribution is 0.0958. The van der Waals surface area contributed by atoms with Crippen LogP contribution in [0.3, 0.4) is 0 Å². The molecule has 5 rings (SSSR count). The highest BCUT2D eigenvalue weighted by Gasteiger charge is 2.47. The summed E-state index contributed by atoms with van der Waals surface area (Å²) in [6.07, 6.45) is 1.01. The van der Waals surface area contributed by atoms with Crippen LogP contribution in [0.4, 0.5) is 27.5 Å². The Kier molecular flexibility index (Phi) is 7.10. The van der Waals surface area contributed by atoms with Crippen LogP contribution in [-0.4, -0.2) is 29.3 Å². The lowest BCUT2D eigenvalue weighted by Crippen LogP contribution is -2.67. The third-order valence-corrected chi connectivity index (χ3v) is 7.02. The number of aliphatic hydroxyl groups excluding tert-OH is 1. The predicted octanol–water partition coefficient (Wildman–Crippen LogP) is 5.27. The Morgan fingerprint density at radius 3 is 1.70 bits per heavy atom. The molecule has 4 aromatic rings. The summed E-state index contributed by atoms with van der Waals surface area (Å²) in [6.45, 7) is 0. The van der Waals surface area contributed by atoms with E-state index in [1.807, 2.05) is 72.8 Å². The number of rotatable bonds is 7. The first-order valence-corrected chi connectivity index (χ1v) is 12.6. The zero-order chi connectivity index (χ0) is 25.8. The monoisotopic (exact) mass is 492 g/mol. The van der Waals surface area contributed by atoms with Gasteiger partial charge in [-0.15, -0.1) is 0 Å². The topological polar surface area (TPSA) is 95.8 Å². The third-order valence-electron chi connectivity index (χ3n) is 7.02. The molecule has 0 bridgehead atoms. The summed E-state index contributed by atoms with van der Waals surface area (Å²) in [4.78, 5) is 17.8. The summed E-state index contributed by atoms with van der Waals surface area (Å²) in [5, 5.41) is 12.0. The minimum Gasteiger partial charge on any atom is -0.399 e. The molecule has 1 aliphatic rings. The van der Waals surface area contributed by atoms with Crippen molar-refractivity contribution in [1.29, 1.82) is 0 Å². The predicted molar refractivity (Wildman–Crippen MR) is 151 cm³/mol. The molecule has 3 atom stereocenters. The van der Waals surface area contributed by atoms with E-state index < -0.39 is 18.2 Å². The number of anilines is 4. The molecule has 2 amide bonds. The number of aryl methyl sites for hydroxylation is 1. The van der Waals surface area contributed by atoms with Crippen molar-refractivity contribution in [1.82, 2.24) is 0 Å². The molecule has 1 heterocycles. The number of carbonyl (C=O) groups excluding carboxylic acids is 1. The van der Waals surface area contributed by atoms with E-state index in [-0.39, 0.29) is 6.03 Å². The molecular formula is C31H32N4O2. The van der Waals surface area contributed by atoms with Crippen LogP contribution in [0.2, 0.25) is 0 Å². The summed E-state index contributed by atoms with van der Waals surface area (Å²) >= 11 is 0. The minimum absolute atomic E-state index is 0.208. The number of carbonyl (C=O) groups is 1. The van der Waals surface area contributed by atoms with E-state index in [9.17, 15) is 9.90 Å². The number of hydrogen-bond donors (Lipinski definition) is 3. The van der Waals surface area contributed by atoms with E-state index in [2.05, 4.69) is 12.1 Å². The van der Waals surface area contributed by atoms with Crippen LogP contribution < -0.4 is 21.3 Å². The largest absolute Gasteiger partial charge is 0.399 e. The molecule has 4 aromatic carbocycles. The van der Waals surface area contributed by atoms with Crippen molar-refractivity contribution in [3.8, 4) is 0 Å². The normalized spacial score (nSPS) is 19.7. The van der Waals surface area contributed by atoms with Crippen molar-refractivity contribution in [2.24, 2.45) is 0 Å². The van der Waals surface area contributed by atoms with Gasteiger partial charge in [0.1, 0.15) is 0 Å². The van der Waals surface area contributed by atoms with Crippen LogP contribution in [0.15, 0.2) is 109 Å². The molecule has 1 fully saturated rings. The Hall–Kier alpha value is -4.29. The number of nitrogen functional groups attached to an aromatic ring is 2. The van der Waals surface area contributed by atoms with Crippen molar-refractivity contribution in [2.45, 2.75) is 37.5 Å². The van der Waals surface area contributed by atoms with E-state index in [1.54, 1.807) is 34.1 Å². The zero-order valence-electron chi connectivity index (χ0n) is 20.7. The number of benzene rings is 4. The Morgan fingerprint density at radius 1 is 0.649 bits per heavy atom. The number of aliphatic hydroxyl groups is 1. The van der Waals surface area contributed by atoms with Gasteiger partial charge in [0.05, 0.1) is 18.2 Å². The maximum absolute atomic E-state index is 14.4. The average Bonchev–Trinajstić information content (AvgIpc) is 2.91. The van der Waals surface area contributed by atoms with Gasteiger partial charge in [-0.05, 0) is 66.8 Å². The van der Waals surface area contributed by atoms with Gasteiger partial charge in [0.15, 0.2) is 0 Å². The second kappa shape index (κ2) is 10.8. The zero-order valence-corrected chi connectivity index (χ0v) is 20.7. The van der Waals surface area contributed by atoms with Gasteiger partial charge in [0.2, 0.25) is 0 Å². The number of hydrogen-bond acceptors (Lipinski definition) is 4. The van der Waals surface area contributed by atoms with E-state index in [4.69, 9.17) is 11.5 Å². The van der Waals surface area contributed by atoms with Crippen LogP contribution in [0.5, 0.6) is 0 Å². The molecule has 6 nitrogen and oxygen atoms in total. The van der Waals surface area contributed by atoms with Crippen LogP contribution in [0, 0.1) is 0 Å². The number of urea groups is 1. The van der Waals surface area contributed by atoms with E-state index in [0.717, 1.165) is 17.5 Å². The molecule has 1 aliphatic heterocycles. The average molecular weight is 493 g/mol. The lowest BCUT2D eigenvalue weighted by atomic mass is 9.87. The van der Waals surface area contributed by atoms with Crippen molar-refractivity contribution in [3.05, 3.63) is 120 Å². The van der Waals surface area contributed by atoms with Gasteiger partial charge >= 0.3 is 6.03 Å². The fraction of sp³-hybridized carbons (Fsp3) is 0.194. The summed E-state index contributed by atoms with van der Waals surface area (Å²) in [5.74, 6) is 0. The first kappa shape index (κ1) is 24.4. The van der Waals surface area contributed by atoms with Crippen LogP contribution in [0.1, 0.15) is 17.5 Å². The molecule has 0 aliphatic carbocycles. The Labute approximate surface area is 217 Å². The second-order valence-electron chi connectivity index (χ2n) is 9.55. The molecule has 6 heteroatoms. The van der Waals surface area contributed by atoms with E-state index >= 15 is 0 Å². The molecule has 0 unspecified atom stereocenters. The second-order valence-corrected chi connectivity index (χ2v) is 9.55. The molecule has 37 heavy (non-hydrogen) atoms. The molecule has 188 valence electrons. The number of nitrogens with two attached hydrogens (primary N) is 2. The van der Waals surface area contributed by atoms with Gasteiger partial charge in [-0.2, -0.15) is 0 Å². The van der Waals surface area contributed by atoms with Crippen molar-refractivity contribution < 1.29 is 9.90 Å². The number of amides is 2. The highest BCUT2D eigenvalue weighted by atomic mass is 16.3. The fourth-order valence-corrected chi connectivity index (χ4v) is 5.24. The maximum atomic E-state index is 14.4. The molecule has 0 saturated carbocycles. The van der Waals surface area contributed by atoms with Gasteiger partial charge in [0.25, 0.3) is 0 Å². The van der Waals surface area contributed by atoms with E-state index in [1.165, 1.54) is 0 Å².